The highest BCUT2D eigenvalue weighted by molar-refractivity contribution is 6.09. The number of allylic oxidation sites excluding steroid dienone is 1. The van der Waals surface area contributed by atoms with Gasteiger partial charge >= 0.3 is 0 Å². The van der Waals surface area contributed by atoms with E-state index in [9.17, 15) is 0 Å². The van der Waals surface area contributed by atoms with Crippen LogP contribution in [-0.2, 0) is 0 Å². The summed E-state index contributed by atoms with van der Waals surface area (Å²) in [5.74, 6) is 1.56. The number of likely N-dealkylation sites (tertiary alicyclic amines) is 2. The van der Waals surface area contributed by atoms with Crippen LogP contribution >= 0.6 is 0 Å². The van der Waals surface area contributed by atoms with Crippen molar-refractivity contribution in [2.24, 2.45) is 0 Å². The lowest BCUT2D eigenvalue weighted by atomic mass is 10.4. The minimum absolute atomic E-state index is 1.30. The highest BCUT2D eigenvalue weighted by atomic mass is 28.1. The molecule has 3 heteroatoms. The van der Waals surface area contributed by atoms with Gasteiger partial charge in [0.2, 0.25) is 0 Å². The normalized spacial score (nSPS) is 22.0. The maximum Gasteiger partial charge on any atom is 0.0994 e. The molecule has 0 aliphatic carbocycles. The Kier molecular flexibility index (Phi) is 3.51. The van der Waals surface area contributed by atoms with Crippen LogP contribution in [0.2, 0.25) is 6.04 Å². The summed E-state index contributed by atoms with van der Waals surface area (Å²) >= 11 is 0. The van der Waals surface area contributed by atoms with Gasteiger partial charge in [0.05, 0.1) is 5.82 Å². The van der Waals surface area contributed by atoms with E-state index in [1.54, 1.807) is 5.82 Å². The molecule has 2 aliphatic heterocycles. The number of rotatable bonds is 3. The van der Waals surface area contributed by atoms with Crippen LogP contribution in [0.25, 0.3) is 0 Å². The maximum absolute atomic E-state index is 2.60. The quantitative estimate of drug-likeness (QED) is 0.636. The SMILES string of the molecule is [SiH3]CC=C(N1CCCC1)N1CCCC1. The Hall–Kier alpha value is -0.443. The van der Waals surface area contributed by atoms with Gasteiger partial charge in [-0.15, -0.1) is 0 Å². The third-order valence-electron chi connectivity index (χ3n) is 3.25. The molecule has 0 radical (unpaired) electrons. The first-order chi connectivity index (χ1) is 6.92. The Morgan fingerprint density at radius 1 is 0.929 bits per heavy atom. The van der Waals surface area contributed by atoms with Crippen LogP contribution < -0.4 is 0 Å². The lowest BCUT2D eigenvalue weighted by molar-refractivity contribution is 0.269. The summed E-state index contributed by atoms with van der Waals surface area (Å²) in [5.41, 5.74) is 0. The van der Waals surface area contributed by atoms with Crippen molar-refractivity contribution in [2.75, 3.05) is 26.2 Å². The van der Waals surface area contributed by atoms with Crippen LogP contribution in [-0.4, -0.2) is 46.2 Å². The predicted molar refractivity (Wildman–Crippen MR) is 64.4 cm³/mol. The average Bonchev–Trinajstić information content (AvgIpc) is 2.87. The Bertz CT molecular complexity index is 185. The molecule has 2 fully saturated rings. The van der Waals surface area contributed by atoms with Gasteiger partial charge in [-0.3, -0.25) is 0 Å². The second kappa shape index (κ2) is 4.87. The predicted octanol–water partition coefficient (Wildman–Crippen LogP) is 0.803. The topological polar surface area (TPSA) is 6.48 Å². The largest absolute Gasteiger partial charge is 0.359 e. The minimum Gasteiger partial charge on any atom is -0.359 e. The van der Waals surface area contributed by atoms with Crippen molar-refractivity contribution in [3.05, 3.63) is 11.9 Å². The van der Waals surface area contributed by atoms with Gasteiger partial charge in [-0.2, -0.15) is 0 Å². The van der Waals surface area contributed by atoms with E-state index in [-0.39, 0.29) is 0 Å². The minimum atomic E-state index is 1.30. The van der Waals surface area contributed by atoms with Crippen LogP contribution in [0.5, 0.6) is 0 Å². The van der Waals surface area contributed by atoms with E-state index in [0.29, 0.717) is 0 Å². The van der Waals surface area contributed by atoms with Crippen molar-refractivity contribution in [2.45, 2.75) is 31.7 Å². The number of hydrogen-bond acceptors (Lipinski definition) is 2. The average molecular weight is 210 g/mol. The summed E-state index contributed by atoms with van der Waals surface area (Å²) < 4.78 is 0. The molecule has 0 spiro atoms. The molecule has 0 amide bonds. The standard InChI is InChI=1S/C11H22N2Si/c14-10-5-11(12-6-1-2-7-12)13-8-3-4-9-13/h5H,1-4,6-10H2,14H3. The Balaban J connectivity index is 2.02. The van der Waals surface area contributed by atoms with Crippen molar-refractivity contribution >= 4 is 10.2 Å². The summed E-state index contributed by atoms with van der Waals surface area (Å²) in [6, 6.07) is 1.31. The van der Waals surface area contributed by atoms with Gasteiger partial charge in [-0.25, -0.2) is 0 Å². The molecular weight excluding hydrogens is 188 g/mol. The van der Waals surface area contributed by atoms with E-state index in [1.807, 2.05) is 0 Å². The second-order valence-corrected chi connectivity index (χ2v) is 5.18. The van der Waals surface area contributed by atoms with E-state index in [4.69, 9.17) is 0 Å². The van der Waals surface area contributed by atoms with Gasteiger partial charge in [-0.05, 0) is 37.8 Å². The molecule has 2 rings (SSSR count). The summed E-state index contributed by atoms with van der Waals surface area (Å²) in [7, 11) is 1.30. The molecule has 0 unspecified atom stereocenters. The first-order valence-corrected chi connectivity index (χ1v) is 7.53. The summed E-state index contributed by atoms with van der Waals surface area (Å²) in [6.45, 7) is 5.18. The van der Waals surface area contributed by atoms with Crippen LogP contribution in [0, 0.1) is 0 Å². The highest BCUT2D eigenvalue weighted by Crippen LogP contribution is 2.22. The molecule has 0 aromatic rings. The fourth-order valence-corrected chi connectivity index (χ4v) is 2.90. The summed E-state index contributed by atoms with van der Waals surface area (Å²) in [5, 5.41) is 0. The molecule has 2 aliphatic rings. The lowest BCUT2D eigenvalue weighted by Crippen LogP contribution is -2.32. The van der Waals surface area contributed by atoms with Gasteiger partial charge in [0.1, 0.15) is 0 Å². The molecule has 80 valence electrons. The zero-order valence-corrected chi connectivity index (χ0v) is 11.3. The van der Waals surface area contributed by atoms with Crippen LogP contribution in [0.1, 0.15) is 25.7 Å². The van der Waals surface area contributed by atoms with Crippen LogP contribution in [0.3, 0.4) is 0 Å². The van der Waals surface area contributed by atoms with Gasteiger partial charge < -0.3 is 9.80 Å². The maximum atomic E-state index is 2.60. The third kappa shape index (κ3) is 2.14. The van der Waals surface area contributed by atoms with E-state index >= 15 is 0 Å². The second-order valence-electron chi connectivity index (χ2n) is 4.36. The van der Waals surface area contributed by atoms with E-state index in [2.05, 4.69) is 15.9 Å². The third-order valence-corrected chi connectivity index (χ3v) is 3.66. The molecule has 2 saturated heterocycles. The molecule has 2 heterocycles. The van der Waals surface area contributed by atoms with Gasteiger partial charge in [0.25, 0.3) is 0 Å². The monoisotopic (exact) mass is 210 g/mol. The van der Waals surface area contributed by atoms with E-state index in [0.717, 1.165) is 0 Å². The first kappa shape index (κ1) is 10.1. The van der Waals surface area contributed by atoms with Crippen LogP contribution in [0.15, 0.2) is 11.9 Å². The lowest BCUT2D eigenvalue weighted by Gasteiger charge is -2.30. The molecule has 2 nitrogen and oxygen atoms in total. The fourth-order valence-electron chi connectivity index (χ4n) is 2.53. The zero-order chi connectivity index (χ0) is 9.80. The number of nitrogens with zero attached hydrogens (tertiary/aromatic N) is 2. The smallest absolute Gasteiger partial charge is 0.0994 e. The molecule has 0 bridgehead atoms. The Morgan fingerprint density at radius 3 is 1.71 bits per heavy atom. The van der Waals surface area contributed by atoms with E-state index < -0.39 is 0 Å². The van der Waals surface area contributed by atoms with Crippen molar-refractivity contribution in [3.8, 4) is 0 Å². The molecule has 14 heavy (non-hydrogen) atoms. The van der Waals surface area contributed by atoms with Crippen LogP contribution in [0.4, 0.5) is 0 Å². The fraction of sp³-hybridized carbons (Fsp3) is 0.818. The Morgan fingerprint density at radius 2 is 1.36 bits per heavy atom. The highest BCUT2D eigenvalue weighted by Gasteiger charge is 2.21. The van der Waals surface area contributed by atoms with Gasteiger partial charge in [0.15, 0.2) is 0 Å². The number of hydrogen-bond donors (Lipinski definition) is 0. The summed E-state index contributed by atoms with van der Waals surface area (Å²) in [6.07, 6.45) is 8.06. The van der Waals surface area contributed by atoms with Gasteiger partial charge in [0, 0.05) is 36.4 Å². The zero-order valence-electron chi connectivity index (χ0n) is 9.34. The van der Waals surface area contributed by atoms with Crippen molar-refractivity contribution in [3.63, 3.8) is 0 Å². The van der Waals surface area contributed by atoms with Crippen molar-refractivity contribution in [1.29, 1.82) is 0 Å². The van der Waals surface area contributed by atoms with Crippen molar-refractivity contribution in [1.82, 2.24) is 9.80 Å². The first-order valence-electron chi connectivity index (χ1n) is 6.12. The summed E-state index contributed by atoms with van der Waals surface area (Å²) in [4.78, 5) is 5.20. The van der Waals surface area contributed by atoms with Gasteiger partial charge in [-0.1, -0.05) is 0 Å². The Labute approximate surface area is 90.4 Å². The molecule has 0 atom stereocenters. The molecule has 0 aromatic heterocycles. The molecule has 0 saturated carbocycles. The molecular formula is C11H22N2Si. The molecule has 0 N–H and O–H groups in total. The van der Waals surface area contributed by atoms with E-state index in [1.165, 1.54) is 68.1 Å². The molecule has 0 aromatic carbocycles. The van der Waals surface area contributed by atoms with Crippen molar-refractivity contribution < 1.29 is 0 Å².